The Labute approximate surface area is 165 Å². The molecule has 0 spiro atoms. The van der Waals surface area contributed by atoms with Crippen molar-refractivity contribution in [3.63, 3.8) is 0 Å². The highest BCUT2D eigenvalue weighted by atomic mass is 35.5. The highest BCUT2D eigenvalue weighted by Crippen LogP contribution is 2.50. The quantitative estimate of drug-likeness (QED) is 0.554. The number of rotatable bonds is 2. The minimum absolute atomic E-state index is 0.170. The molecule has 3 rings (SSSR count). The number of benzene rings is 2. The van der Waals surface area contributed by atoms with Gasteiger partial charge in [-0.1, -0.05) is 48.9 Å². The van der Waals surface area contributed by atoms with Gasteiger partial charge in [-0.15, -0.1) is 0 Å². The lowest BCUT2D eigenvalue weighted by Gasteiger charge is -2.51. The fourth-order valence-corrected chi connectivity index (χ4v) is 4.37. The molecule has 0 unspecified atom stereocenters. The van der Waals surface area contributed by atoms with E-state index < -0.39 is 17.4 Å². The molecule has 2 aromatic rings. The molecule has 4 nitrogen and oxygen atoms in total. The van der Waals surface area contributed by atoms with Gasteiger partial charge in [-0.25, -0.2) is 4.79 Å². The summed E-state index contributed by atoms with van der Waals surface area (Å²) < 4.78 is 4.97. The number of fused-ring (bicyclic) bond motifs is 1. The first-order valence-corrected chi connectivity index (χ1v) is 9.45. The maximum atomic E-state index is 12.9. The zero-order valence-electron chi connectivity index (χ0n) is 16.1. The van der Waals surface area contributed by atoms with Crippen molar-refractivity contribution in [3.8, 4) is 0 Å². The van der Waals surface area contributed by atoms with Gasteiger partial charge in [0.05, 0.1) is 6.61 Å². The van der Waals surface area contributed by atoms with Gasteiger partial charge < -0.3 is 4.74 Å². The van der Waals surface area contributed by atoms with Crippen LogP contribution >= 0.6 is 11.6 Å². The Morgan fingerprint density at radius 2 is 1.70 bits per heavy atom. The van der Waals surface area contributed by atoms with Crippen molar-refractivity contribution >= 4 is 29.2 Å². The van der Waals surface area contributed by atoms with Crippen LogP contribution in [0, 0.1) is 0 Å². The Balaban J connectivity index is 2.16. The zero-order valence-corrected chi connectivity index (χ0v) is 16.8. The van der Waals surface area contributed by atoms with Gasteiger partial charge in [0.25, 0.3) is 0 Å². The molecule has 1 aliphatic heterocycles. The number of para-hydroxylation sites is 1. The second kappa shape index (κ2) is 7.01. The summed E-state index contributed by atoms with van der Waals surface area (Å²) >= 11 is 6.08. The van der Waals surface area contributed by atoms with Crippen LogP contribution in [0.4, 0.5) is 5.69 Å². The van der Waals surface area contributed by atoms with Gasteiger partial charge in [0, 0.05) is 21.7 Å². The van der Waals surface area contributed by atoms with E-state index in [0.717, 1.165) is 16.8 Å². The van der Waals surface area contributed by atoms with Crippen molar-refractivity contribution in [1.29, 1.82) is 0 Å². The maximum absolute atomic E-state index is 12.9. The van der Waals surface area contributed by atoms with E-state index in [4.69, 9.17) is 16.3 Å². The normalized spacial score (nSPS) is 20.7. The molecule has 0 radical (unpaired) electrons. The first-order chi connectivity index (χ1) is 12.7. The number of carbonyl (C=O) groups is 2. The lowest BCUT2D eigenvalue weighted by atomic mass is 9.65. The third-order valence-electron chi connectivity index (χ3n) is 5.27. The van der Waals surface area contributed by atoms with Crippen molar-refractivity contribution in [2.24, 2.45) is 0 Å². The number of hydrogen-bond donors (Lipinski definition) is 0. The van der Waals surface area contributed by atoms with E-state index >= 15 is 0 Å². The van der Waals surface area contributed by atoms with Crippen molar-refractivity contribution in [2.75, 3.05) is 11.5 Å². The second-order valence-corrected chi connectivity index (χ2v) is 8.14. The molecule has 2 aromatic carbocycles. The molecular weight excluding hydrogens is 362 g/mol. The average Bonchev–Trinajstić information content (AvgIpc) is 2.61. The summed E-state index contributed by atoms with van der Waals surface area (Å²) in [5, 5.41) is 0.685. The van der Waals surface area contributed by atoms with Crippen molar-refractivity contribution in [3.05, 3.63) is 64.7 Å². The first-order valence-electron chi connectivity index (χ1n) is 9.07. The van der Waals surface area contributed by atoms with Gasteiger partial charge in [-0.2, -0.15) is 0 Å². The van der Waals surface area contributed by atoms with Gasteiger partial charge in [0.15, 0.2) is 0 Å². The molecule has 0 N–H and O–H groups in total. The average molecular weight is 386 g/mol. The minimum Gasteiger partial charge on any atom is -0.459 e. The Hall–Kier alpha value is -2.33. The smallest absolute Gasteiger partial charge is 0.397 e. The molecule has 1 heterocycles. The summed E-state index contributed by atoms with van der Waals surface area (Å²) in [6, 6.07) is 15.6. The van der Waals surface area contributed by atoms with Crippen molar-refractivity contribution in [2.45, 2.75) is 45.1 Å². The number of hydrogen-bond acceptors (Lipinski definition) is 3. The number of esters is 1. The predicted octanol–water partition coefficient (Wildman–Crippen LogP) is 4.72. The van der Waals surface area contributed by atoms with Crippen LogP contribution in [-0.2, 0) is 19.7 Å². The molecule has 1 aliphatic rings. The third-order valence-corrected chi connectivity index (χ3v) is 5.52. The SMILES string of the molecule is CCOC(=O)C(=O)N1c2ccccc2[C@@](C)(c2ccc(Cl)cc2)CC1(C)C. The van der Waals surface area contributed by atoms with Gasteiger partial charge in [0.2, 0.25) is 0 Å². The fraction of sp³-hybridized carbons (Fsp3) is 0.364. The number of nitrogens with zero attached hydrogens (tertiary/aromatic N) is 1. The molecule has 27 heavy (non-hydrogen) atoms. The van der Waals surface area contributed by atoms with Crippen LogP contribution < -0.4 is 4.90 Å². The molecule has 0 fully saturated rings. The molecule has 0 bridgehead atoms. The van der Waals surface area contributed by atoms with Crippen LogP contribution in [0.1, 0.15) is 45.2 Å². The number of carbonyl (C=O) groups excluding carboxylic acids is 2. The maximum Gasteiger partial charge on any atom is 0.397 e. The zero-order chi connectivity index (χ0) is 19.8. The lowest BCUT2D eigenvalue weighted by Crippen LogP contribution is -2.57. The van der Waals surface area contributed by atoms with Gasteiger partial charge in [0.1, 0.15) is 0 Å². The minimum atomic E-state index is -0.824. The summed E-state index contributed by atoms with van der Waals surface area (Å²) in [7, 11) is 0. The summed E-state index contributed by atoms with van der Waals surface area (Å²) in [5.74, 6) is -1.46. The van der Waals surface area contributed by atoms with Crippen LogP contribution in [0.5, 0.6) is 0 Å². The van der Waals surface area contributed by atoms with E-state index in [0.29, 0.717) is 11.4 Å². The van der Waals surface area contributed by atoms with E-state index in [2.05, 4.69) is 6.92 Å². The summed E-state index contributed by atoms with van der Waals surface area (Å²) in [4.78, 5) is 26.7. The largest absolute Gasteiger partial charge is 0.459 e. The molecule has 0 saturated heterocycles. The second-order valence-electron chi connectivity index (χ2n) is 7.71. The fourth-order valence-electron chi connectivity index (χ4n) is 4.24. The highest BCUT2D eigenvalue weighted by Gasteiger charge is 2.49. The molecular formula is C22H24ClNO3. The van der Waals surface area contributed by atoms with E-state index in [1.165, 1.54) is 0 Å². The van der Waals surface area contributed by atoms with E-state index in [-0.39, 0.29) is 12.0 Å². The third kappa shape index (κ3) is 3.34. The van der Waals surface area contributed by atoms with Crippen LogP contribution in [0.25, 0.3) is 0 Å². The number of ether oxygens (including phenoxy) is 1. The van der Waals surface area contributed by atoms with Gasteiger partial charge >= 0.3 is 11.9 Å². The van der Waals surface area contributed by atoms with E-state index in [1.54, 1.807) is 11.8 Å². The molecule has 1 atom stereocenters. The Morgan fingerprint density at radius 3 is 2.33 bits per heavy atom. The predicted molar refractivity (Wildman–Crippen MR) is 107 cm³/mol. The monoisotopic (exact) mass is 385 g/mol. The van der Waals surface area contributed by atoms with Gasteiger partial charge in [-0.3, -0.25) is 9.69 Å². The number of anilines is 1. The summed E-state index contributed by atoms with van der Waals surface area (Å²) in [6.07, 6.45) is 0.657. The van der Waals surface area contributed by atoms with Gasteiger partial charge in [-0.05, 0) is 56.5 Å². The Bertz CT molecular complexity index is 875. The molecule has 0 saturated carbocycles. The highest BCUT2D eigenvalue weighted by molar-refractivity contribution is 6.38. The van der Waals surface area contributed by atoms with Crippen LogP contribution in [0.15, 0.2) is 48.5 Å². The molecule has 142 valence electrons. The van der Waals surface area contributed by atoms with E-state index in [1.807, 2.05) is 62.4 Å². The summed E-state index contributed by atoms with van der Waals surface area (Å²) in [6.45, 7) is 7.99. The Morgan fingerprint density at radius 1 is 1.07 bits per heavy atom. The number of amides is 1. The van der Waals surface area contributed by atoms with Crippen LogP contribution in [0.3, 0.4) is 0 Å². The number of halogens is 1. The van der Waals surface area contributed by atoms with Crippen molar-refractivity contribution in [1.82, 2.24) is 0 Å². The molecule has 0 aromatic heterocycles. The molecule has 5 heteroatoms. The molecule has 0 aliphatic carbocycles. The van der Waals surface area contributed by atoms with Crippen LogP contribution in [-0.4, -0.2) is 24.0 Å². The lowest BCUT2D eigenvalue weighted by molar-refractivity contribution is -0.153. The topological polar surface area (TPSA) is 46.6 Å². The molecule has 1 amide bonds. The van der Waals surface area contributed by atoms with Crippen molar-refractivity contribution < 1.29 is 14.3 Å². The standard InChI is InChI=1S/C22H24ClNO3/c1-5-27-20(26)19(25)24-18-9-7-6-8-17(18)22(4,14-21(24,2)3)15-10-12-16(23)13-11-15/h6-13H,5,14H2,1-4H3/t22-/m1/s1. The first kappa shape index (κ1) is 19.4. The summed E-state index contributed by atoms with van der Waals surface area (Å²) in [5.41, 5.74) is 1.96. The van der Waals surface area contributed by atoms with E-state index in [9.17, 15) is 9.59 Å². The van der Waals surface area contributed by atoms with Crippen LogP contribution in [0.2, 0.25) is 5.02 Å². The Kier molecular flexibility index (Phi) is 5.04.